The first-order valence-corrected chi connectivity index (χ1v) is 4.17. The monoisotopic (exact) mass is 189 g/mol. The molecule has 0 amide bonds. The summed E-state index contributed by atoms with van der Waals surface area (Å²) >= 11 is 0. The zero-order valence-electron chi connectivity index (χ0n) is 7.87. The molecule has 0 heterocycles. The highest BCUT2D eigenvalue weighted by molar-refractivity contribution is 5.70. The lowest BCUT2D eigenvalue weighted by molar-refractivity contribution is -0.135. The molecule has 0 fully saturated rings. The molecule has 1 aromatic carbocycles. The minimum atomic E-state index is -0.918. The van der Waals surface area contributed by atoms with Gasteiger partial charge in [-0.25, -0.2) is 0 Å². The third kappa shape index (κ3) is 2.53. The number of hydrogen-bond donors (Lipinski definition) is 2. The SMILES string of the molecule is Cc1c(N)cccc1C#CCC(=O)O. The largest absolute Gasteiger partial charge is 0.481 e. The van der Waals surface area contributed by atoms with Crippen LogP contribution in [0.2, 0.25) is 0 Å². The molecule has 3 N–H and O–H groups in total. The van der Waals surface area contributed by atoms with E-state index in [0.29, 0.717) is 5.69 Å². The van der Waals surface area contributed by atoms with Gasteiger partial charge in [0.1, 0.15) is 6.42 Å². The predicted molar refractivity (Wildman–Crippen MR) is 54.7 cm³/mol. The van der Waals surface area contributed by atoms with Crippen LogP contribution in [0.3, 0.4) is 0 Å². The first-order valence-electron chi connectivity index (χ1n) is 4.17. The molecule has 0 bridgehead atoms. The second-order valence-electron chi connectivity index (χ2n) is 2.89. The van der Waals surface area contributed by atoms with E-state index >= 15 is 0 Å². The highest BCUT2D eigenvalue weighted by atomic mass is 16.4. The van der Waals surface area contributed by atoms with Crippen LogP contribution in [0, 0.1) is 18.8 Å². The fourth-order valence-corrected chi connectivity index (χ4v) is 1.00. The average Bonchev–Trinajstić information content (AvgIpc) is 2.12. The Morgan fingerprint density at radius 2 is 2.29 bits per heavy atom. The molecule has 1 rings (SSSR count). The Hall–Kier alpha value is -1.95. The van der Waals surface area contributed by atoms with Crippen LogP contribution < -0.4 is 5.73 Å². The van der Waals surface area contributed by atoms with Gasteiger partial charge in [-0.15, -0.1) is 0 Å². The number of nitrogens with two attached hydrogens (primary N) is 1. The molecular formula is C11H11NO2. The Labute approximate surface area is 82.6 Å². The molecule has 3 nitrogen and oxygen atoms in total. The molecule has 0 saturated heterocycles. The number of rotatable bonds is 1. The van der Waals surface area contributed by atoms with Gasteiger partial charge in [-0.3, -0.25) is 4.79 Å². The van der Waals surface area contributed by atoms with Gasteiger partial charge in [-0.2, -0.15) is 0 Å². The zero-order valence-corrected chi connectivity index (χ0v) is 7.87. The van der Waals surface area contributed by atoms with E-state index in [-0.39, 0.29) is 6.42 Å². The molecule has 1 aromatic rings. The summed E-state index contributed by atoms with van der Waals surface area (Å²) in [6.45, 7) is 1.86. The van der Waals surface area contributed by atoms with E-state index in [2.05, 4.69) is 11.8 Å². The van der Waals surface area contributed by atoms with Crippen molar-refractivity contribution in [2.45, 2.75) is 13.3 Å². The summed E-state index contributed by atoms with van der Waals surface area (Å²) in [6, 6.07) is 5.41. The van der Waals surface area contributed by atoms with Gasteiger partial charge >= 0.3 is 5.97 Å². The Bertz CT molecular complexity index is 413. The normalized spacial score (nSPS) is 8.93. The molecule has 0 spiro atoms. The molecule has 0 aliphatic heterocycles. The van der Waals surface area contributed by atoms with Crippen LogP contribution >= 0.6 is 0 Å². The summed E-state index contributed by atoms with van der Waals surface area (Å²) in [5, 5.41) is 8.39. The Balaban J connectivity index is 2.90. The van der Waals surface area contributed by atoms with Gasteiger partial charge in [-0.1, -0.05) is 17.9 Å². The molecule has 0 unspecified atom stereocenters. The van der Waals surface area contributed by atoms with Gasteiger partial charge in [-0.05, 0) is 24.6 Å². The van der Waals surface area contributed by atoms with E-state index < -0.39 is 5.97 Å². The fourth-order valence-electron chi connectivity index (χ4n) is 1.00. The molecule has 3 heteroatoms. The molecule has 0 radical (unpaired) electrons. The van der Waals surface area contributed by atoms with Gasteiger partial charge in [0.25, 0.3) is 0 Å². The van der Waals surface area contributed by atoms with E-state index in [1.807, 2.05) is 13.0 Å². The van der Waals surface area contributed by atoms with E-state index in [1.165, 1.54) is 0 Å². The minimum Gasteiger partial charge on any atom is -0.481 e. The van der Waals surface area contributed by atoms with Crippen molar-refractivity contribution < 1.29 is 9.90 Å². The number of carboxylic acid groups (broad SMARTS) is 1. The standard InChI is InChI=1S/C11H11NO2/c1-8-9(4-2-6-10(8)12)5-3-7-11(13)14/h2,4,6H,7,12H2,1H3,(H,13,14). The second-order valence-corrected chi connectivity index (χ2v) is 2.89. The topological polar surface area (TPSA) is 63.3 Å². The summed E-state index contributed by atoms with van der Waals surface area (Å²) < 4.78 is 0. The number of nitrogen functional groups attached to an aromatic ring is 1. The van der Waals surface area contributed by atoms with Gasteiger partial charge < -0.3 is 10.8 Å². The third-order valence-electron chi connectivity index (χ3n) is 1.84. The van der Waals surface area contributed by atoms with Crippen molar-refractivity contribution in [1.82, 2.24) is 0 Å². The van der Waals surface area contributed by atoms with Crippen LogP contribution in [-0.2, 0) is 4.79 Å². The van der Waals surface area contributed by atoms with Crippen molar-refractivity contribution in [1.29, 1.82) is 0 Å². The number of anilines is 1. The first-order chi connectivity index (χ1) is 6.61. The van der Waals surface area contributed by atoms with Crippen LogP contribution in [0.4, 0.5) is 5.69 Å². The molecular weight excluding hydrogens is 178 g/mol. The highest BCUT2D eigenvalue weighted by Crippen LogP contribution is 2.13. The zero-order chi connectivity index (χ0) is 10.6. The third-order valence-corrected chi connectivity index (χ3v) is 1.84. The van der Waals surface area contributed by atoms with E-state index in [1.54, 1.807) is 12.1 Å². The van der Waals surface area contributed by atoms with Crippen molar-refractivity contribution in [2.75, 3.05) is 5.73 Å². The van der Waals surface area contributed by atoms with Crippen molar-refractivity contribution in [2.24, 2.45) is 0 Å². The van der Waals surface area contributed by atoms with E-state index in [4.69, 9.17) is 10.8 Å². The highest BCUT2D eigenvalue weighted by Gasteiger charge is 1.97. The maximum Gasteiger partial charge on any atom is 0.315 e. The van der Waals surface area contributed by atoms with Crippen LogP contribution in [0.25, 0.3) is 0 Å². The first kappa shape index (κ1) is 10.1. The van der Waals surface area contributed by atoms with E-state index in [9.17, 15) is 4.79 Å². The molecule has 0 atom stereocenters. The molecule has 72 valence electrons. The quantitative estimate of drug-likeness (QED) is 0.518. The number of benzene rings is 1. The Morgan fingerprint density at radius 1 is 1.57 bits per heavy atom. The summed E-state index contributed by atoms with van der Waals surface area (Å²) in [4.78, 5) is 10.2. The maximum atomic E-state index is 10.2. The maximum absolute atomic E-state index is 10.2. The summed E-state index contributed by atoms with van der Waals surface area (Å²) in [7, 11) is 0. The lowest BCUT2D eigenvalue weighted by Gasteiger charge is -2.00. The number of carbonyl (C=O) groups is 1. The van der Waals surface area contributed by atoms with Gasteiger partial charge in [0.05, 0.1) is 0 Å². The minimum absolute atomic E-state index is 0.145. The predicted octanol–water partition coefficient (Wildman–Crippen LogP) is 1.40. The molecule has 0 aliphatic rings. The molecule has 0 aliphatic carbocycles. The lowest BCUT2D eigenvalue weighted by atomic mass is 10.1. The van der Waals surface area contributed by atoms with Crippen molar-refractivity contribution in [3.63, 3.8) is 0 Å². The van der Waals surface area contributed by atoms with Crippen molar-refractivity contribution in [3.8, 4) is 11.8 Å². The summed E-state index contributed by atoms with van der Waals surface area (Å²) in [5.74, 6) is 4.42. The molecule has 14 heavy (non-hydrogen) atoms. The fraction of sp³-hybridized carbons (Fsp3) is 0.182. The van der Waals surface area contributed by atoms with Crippen LogP contribution in [0.5, 0.6) is 0 Å². The van der Waals surface area contributed by atoms with E-state index in [0.717, 1.165) is 11.1 Å². The van der Waals surface area contributed by atoms with Crippen LogP contribution in [0.15, 0.2) is 18.2 Å². The van der Waals surface area contributed by atoms with Gasteiger partial charge in [0, 0.05) is 11.3 Å². The summed E-state index contributed by atoms with van der Waals surface area (Å²) in [6.07, 6.45) is -0.145. The van der Waals surface area contributed by atoms with Crippen molar-refractivity contribution >= 4 is 11.7 Å². The lowest BCUT2D eigenvalue weighted by Crippen LogP contribution is -1.93. The Kier molecular flexibility index (Phi) is 3.14. The number of aliphatic carboxylic acids is 1. The Morgan fingerprint density at radius 3 is 2.93 bits per heavy atom. The number of hydrogen-bond acceptors (Lipinski definition) is 2. The number of carboxylic acids is 1. The molecule has 0 aromatic heterocycles. The second kappa shape index (κ2) is 4.33. The van der Waals surface area contributed by atoms with Gasteiger partial charge in [0.2, 0.25) is 0 Å². The van der Waals surface area contributed by atoms with Crippen LogP contribution in [0.1, 0.15) is 17.5 Å². The van der Waals surface area contributed by atoms with Crippen LogP contribution in [-0.4, -0.2) is 11.1 Å². The smallest absolute Gasteiger partial charge is 0.315 e. The van der Waals surface area contributed by atoms with Gasteiger partial charge in [0.15, 0.2) is 0 Å². The van der Waals surface area contributed by atoms with Crippen molar-refractivity contribution in [3.05, 3.63) is 29.3 Å². The summed E-state index contributed by atoms with van der Waals surface area (Å²) in [5.41, 5.74) is 8.02. The average molecular weight is 189 g/mol. The molecule has 0 saturated carbocycles.